The van der Waals surface area contributed by atoms with E-state index in [9.17, 15) is 4.39 Å². The fourth-order valence-electron chi connectivity index (χ4n) is 5.66. The van der Waals surface area contributed by atoms with Gasteiger partial charge in [0.1, 0.15) is 5.82 Å². The minimum atomic E-state index is -0.162. The molecule has 2 aromatic heterocycles. The van der Waals surface area contributed by atoms with Crippen LogP contribution >= 0.6 is 11.3 Å². The largest absolute Gasteiger partial charge is 0.365 e. The molecule has 33 heavy (non-hydrogen) atoms. The Hall–Kier alpha value is -2.47. The highest BCUT2D eigenvalue weighted by atomic mass is 32.1. The van der Waals surface area contributed by atoms with Crippen molar-refractivity contribution in [2.75, 3.05) is 19.6 Å². The lowest BCUT2D eigenvalue weighted by Gasteiger charge is -2.39. The number of unbranched alkanes of at least 4 members (excludes halogenated alkanes) is 1. The molecular formula is C28H29FN2OS. The maximum absolute atomic E-state index is 14.0. The van der Waals surface area contributed by atoms with Crippen LogP contribution in [0.4, 0.5) is 4.39 Å². The van der Waals surface area contributed by atoms with Gasteiger partial charge in [0, 0.05) is 30.1 Å². The lowest BCUT2D eigenvalue weighted by Crippen LogP contribution is -2.42. The number of nitrogens with zero attached hydrogens (tertiary/aromatic N) is 2. The maximum atomic E-state index is 14.0. The van der Waals surface area contributed by atoms with Crippen molar-refractivity contribution in [2.24, 2.45) is 0 Å². The fraction of sp³-hybridized carbons (Fsp3) is 0.357. The van der Waals surface area contributed by atoms with Gasteiger partial charge < -0.3 is 14.2 Å². The first-order chi connectivity index (χ1) is 16.2. The second-order valence-electron chi connectivity index (χ2n) is 9.41. The Balaban J connectivity index is 1.07. The molecule has 0 N–H and O–H groups in total. The van der Waals surface area contributed by atoms with Crippen molar-refractivity contribution >= 4 is 22.2 Å². The third-order valence-corrected chi connectivity index (χ3v) is 8.15. The van der Waals surface area contributed by atoms with E-state index in [0.29, 0.717) is 0 Å². The average molecular weight is 461 g/mol. The van der Waals surface area contributed by atoms with E-state index in [2.05, 4.69) is 56.8 Å². The summed E-state index contributed by atoms with van der Waals surface area (Å²) in [6.45, 7) is 4.07. The summed E-state index contributed by atoms with van der Waals surface area (Å²) >= 11 is 1.69. The number of ether oxygens (including phenoxy) is 1. The zero-order valence-electron chi connectivity index (χ0n) is 18.8. The molecule has 6 rings (SSSR count). The third kappa shape index (κ3) is 3.92. The van der Waals surface area contributed by atoms with Gasteiger partial charge in [-0.1, -0.05) is 24.3 Å². The van der Waals surface area contributed by atoms with Crippen molar-refractivity contribution in [2.45, 2.75) is 44.3 Å². The number of rotatable bonds is 6. The van der Waals surface area contributed by atoms with Gasteiger partial charge >= 0.3 is 0 Å². The summed E-state index contributed by atoms with van der Waals surface area (Å²) in [7, 11) is 0. The summed E-state index contributed by atoms with van der Waals surface area (Å²) in [5, 5.41) is 5.27. The first kappa shape index (κ1) is 21.1. The molecule has 0 bridgehead atoms. The van der Waals surface area contributed by atoms with Crippen LogP contribution < -0.4 is 0 Å². The Morgan fingerprint density at radius 1 is 1.03 bits per heavy atom. The molecule has 1 spiro atoms. The molecule has 0 aliphatic carbocycles. The zero-order valence-corrected chi connectivity index (χ0v) is 19.6. The number of piperidine rings is 1. The van der Waals surface area contributed by atoms with Crippen molar-refractivity contribution in [3.8, 4) is 5.69 Å². The Bertz CT molecular complexity index is 1250. The SMILES string of the molecule is Fc1ccc2c(c1)c(CCCCN1CCC3(CC1)OCc1ccccc13)cn2-c1ccsc1. The van der Waals surface area contributed by atoms with Crippen molar-refractivity contribution in [1.29, 1.82) is 0 Å². The summed E-state index contributed by atoms with van der Waals surface area (Å²) < 4.78 is 22.5. The van der Waals surface area contributed by atoms with Gasteiger partial charge in [-0.15, -0.1) is 0 Å². The van der Waals surface area contributed by atoms with E-state index in [1.54, 1.807) is 23.5 Å². The highest BCUT2D eigenvalue weighted by Gasteiger charge is 2.42. The van der Waals surface area contributed by atoms with Crippen molar-refractivity contribution in [3.63, 3.8) is 0 Å². The van der Waals surface area contributed by atoms with Gasteiger partial charge in [-0.3, -0.25) is 0 Å². The van der Waals surface area contributed by atoms with E-state index in [1.165, 1.54) is 16.7 Å². The molecule has 0 atom stereocenters. The third-order valence-electron chi connectivity index (χ3n) is 7.48. The second-order valence-corrected chi connectivity index (χ2v) is 10.2. The molecule has 4 heterocycles. The number of hydrogen-bond acceptors (Lipinski definition) is 3. The summed E-state index contributed by atoms with van der Waals surface area (Å²) in [4.78, 5) is 2.59. The maximum Gasteiger partial charge on any atom is 0.123 e. The molecule has 0 unspecified atom stereocenters. The molecule has 3 nitrogen and oxygen atoms in total. The van der Waals surface area contributed by atoms with Crippen LogP contribution in [-0.2, 0) is 23.4 Å². The van der Waals surface area contributed by atoms with Crippen molar-refractivity contribution < 1.29 is 9.13 Å². The van der Waals surface area contributed by atoms with Crippen LogP contribution in [0.2, 0.25) is 0 Å². The molecular weight excluding hydrogens is 431 g/mol. The highest BCUT2D eigenvalue weighted by molar-refractivity contribution is 7.08. The summed E-state index contributed by atoms with van der Waals surface area (Å²) in [6.07, 6.45) is 7.61. The molecule has 1 saturated heterocycles. The summed E-state index contributed by atoms with van der Waals surface area (Å²) in [5.41, 5.74) is 6.21. The van der Waals surface area contributed by atoms with Crippen molar-refractivity contribution in [1.82, 2.24) is 9.47 Å². The Labute approximate surface area is 198 Å². The second kappa shape index (κ2) is 8.71. The Morgan fingerprint density at radius 2 is 1.91 bits per heavy atom. The van der Waals surface area contributed by atoms with E-state index < -0.39 is 0 Å². The van der Waals surface area contributed by atoms with Gasteiger partial charge in [-0.05, 0) is 85.0 Å². The van der Waals surface area contributed by atoms with E-state index in [-0.39, 0.29) is 11.4 Å². The van der Waals surface area contributed by atoms with E-state index in [1.807, 2.05) is 6.07 Å². The molecule has 0 amide bonds. The van der Waals surface area contributed by atoms with Crippen LogP contribution in [0.15, 0.2) is 65.5 Å². The molecule has 2 aliphatic heterocycles. The Morgan fingerprint density at radius 3 is 2.76 bits per heavy atom. The summed E-state index contributed by atoms with van der Waals surface area (Å²) in [5.74, 6) is -0.162. The van der Waals surface area contributed by atoms with Crippen LogP contribution in [0, 0.1) is 5.82 Å². The smallest absolute Gasteiger partial charge is 0.123 e. The van der Waals surface area contributed by atoms with Gasteiger partial charge in [0.05, 0.1) is 23.4 Å². The van der Waals surface area contributed by atoms with Gasteiger partial charge in [0.2, 0.25) is 0 Å². The monoisotopic (exact) mass is 460 g/mol. The number of benzene rings is 2. The van der Waals surface area contributed by atoms with Crippen LogP contribution in [0.5, 0.6) is 0 Å². The van der Waals surface area contributed by atoms with Gasteiger partial charge in [-0.25, -0.2) is 4.39 Å². The van der Waals surface area contributed by atoms with Crippen LogP contribution in [0.25, 0.3) is 16.6 Å². The number of halogens is 1. The van der Waals surface area contributed by atoms with E-state index in [0.717, 1.165) is 74.9 Å². The minimum Gasteiger partial charge on any atom is -0.365 e. The topological polar surface area (TPSA) is 17.4 Å². The molecule has 2 aliphatic rings. The zero-order chi connectivity index (χ0) is 22.3. The molecule has 170 valence electrons. The number of thiophene rings is 1. The minimum absolute atomic E-state index is 0.0549. The van der Waals surface area contributed by atoms with Crippen LogP contribution in [0.3, 0.4) is 0 Å². The predicted octanol–water partition coefficient (Wildman–Crippen LogP) is 6.68. The van der Waals surface area contributed by atoms with Gasteiger partial charge in [0.25, 0.3) is 0 Å². The number of aromatic nitrogens is 1. The number of hydrogen-bond donors (Lipinski definition) is 0. The number of aryl methyl sites for hydroxylation is 1. The first-order valence-corrected chi connectivity index (χ1v) is 12.9. The molecule has 2 aromatic carbocycles. The van der Waals surface area contributed by atoms with E-state index in [4.69, 9.17) is 4.74 Å². The normalized spacial score (nSPS) is 17.7. The van der Waals surface area contributed by atoms with E-state index >= 15 is 0 Å². The van der Waals surface area contributed by atoms with Crippen LogP contribution in [0.1, 0.15) is 42.4 Å². The van der Waals surface area contributed by atoms with Gasteiger partial charge in [-0.2, -0.15) is 11.3 Å². The van der Waals surface area contributed by atoms with Crippen molar-refractivity contribution in [3.05, 3.63) is 88.0 Å². The first-order valence-electron chi connectivity index (χ1n) is 12.0. The molecule has 4 aromatic rings. The predicted molar refractivity (Wildman–Crippen MR) is 133 cm³/mol. The number of fused-ring (bicyclic) bond motifs is 3. The lowest BCUT2D eigenvalue weighted by atomic mass is 9.84. The summed E-state index contributed by atoms with van der Waals surface area (Å²) in [6, 6.07) is 16.0. The van der Waals surface area contributed by atoms with Crippen LogP contribution in [-0.4, -0.2) is 29.1 Å². The molecule has 1 fully saturated rings. The average Bonchev–Trinajstić information content (AvgIpc) is 3.57. The molecule has 5 heteroatoms. The lowest BCUT2D eigenvalue weighted by molar-refractivity contribution is -0.0788. The highest BCUT2D eigenvalue weighted by Crippen LogP contribution is 2.44. The molecule has 0 radical (unpaired) electrons. The standard InChI is InChI=1S/C28H29FN2OS/c29-23-8-9-27-25(17-23)21(18-31(27)24-10-16-33-20-24)5-3-4-13-30-14-11-28(12-15-30)26-7-2-1-6-22(26)19-32-28/h1-2,6-10,16-18,20H,3-5,11-15,19H2. The van der Waals surface area contributed by atoms with Gasteiger partial charge in [0.15, 0.2) is 0 Å². The Kier molecular flexibility index (Phi) is 5.57. The quantitative estimate of drug-likeness (QED) is 0.299. The molecule has 0 saturated carbocycles. The fourth-order valence-corrected chi connectivity index (χ4v) is 6.29. The number of likely N-dealkylation sites (tertiary alicyclic amines) is 1.